The highest BCUT2D eigenvalue weighted by atomic mass is 16.1. The van der Waals surface area contributed by atoms with Gasteiger partial charge in [-0.1, -0.05) is 13.8 Å². The highest BCUT2D eigenvalue weighted by Gasteiger charge is 2.22. The first kappa shape index (κ1) is 13.7. The van der Waals surface area contributed by atoms with E-state index in [9.17, 15) is 4.79 Å². The molecule has 0 amide bonds. The van der Waals surface area contributed by atoms with E-state index in [0.29, 0.717) is 12.1 Å². The van der Waals surface area contributed by atoms with E-state index in [1.165, 1.54) is 0 Å². The normalized spacial score (nSPS) is 13.2. The lowest BCUT2D eigenvalue weighted by Gasteiger charge is -2.17. The van der Waals surface area contributed by atoms with Gasteiger partial charge in [-0.05, 0) is 31.0 Å². The van der Waals surface area contributed by atoms with Crippen molar-refractivity contribution in [3.8, 4) is 0 Å². The second-order valence-corrected chi connectivity index (χ2v) is 5.37. The van der Waals surface area contributed by atoms with Gasteiger partial charge in [0.1, 0.15) is 5.82 Å². The Kier molecular flexibility index (Phi) is 3.71. The minimum Gasteiger partial charge on any atom is -0.331 e. The number of ketones is 1. The molecule has 0 aliphatic carbocycles. The van der Waals surface area contributed by atoms with Crippen LogP contribution in [0.2, 0.25) is 0 Å². The van der Waals surface area contributed by atoms with Crippen molar-refractivity contribution < 1.29 is 4.79 Å². The third kappa shape index (κ3) is 2.40. The molecule has 0 saturated heterocycles. The Balaban J connectivity index is 2.43. The van der Waals surface area contributed by atoms with E-state index < -0.39 is 0 Å². The smallest absolute Gasteiger partial charge is 0.167 e. The summed E-state index contributed by atoms with van der Waals surface area (Å²) in [5.74, 6) is 1.18. The molecule has 19 heavy (non-hydrogen) atoms. The zero-order valence-corrected chi connectivity index (χ0v) is 12.0. The van der Waals surface area contributed by atoms with Crippen LogP contribution < -0.4 is 5.73 Å². The number of fused-ring (bicyclic) bond motifs is 1. The largest absolute Gasteiger partial charge is 0.331 e. The molecule has 0 spiro atoms. The van der Waals surface area contributed by atoms with Crippen LogP contribution in [0.15, 0.2) is 18.2 Å². The van der Waals surface area contributed by atoms with Crippen LogP contribution in [0, 0.1) is 18.8 Å². The summed E-state index contributed by atoms with van der Waals surface area (Å²) >= 11 is 0. The standard InChI is InChI=1S/C15H21N3O/c1-9(2)12(8-16)15(19)11-5-6-14-13(7-11)17-10(3)18(14)4/h5-7,9,12H,8,16H2,1-4H3. The van der Waals surface area contributed by atoms with Gasteiger partial charge in [0.15, 0.2) is 5.78 Å². The topological polar surface area (TPSA) is 60.9 Å². The number of carbonyl (C=O) groups excluding carboxylic acids is 1. The van der Waals surface area contributed by atoms with Gasteiger partial charge in [-0.15, -0.1) is 0 Å². The number of nitrogens with zero attached hydrogens (tertiary/aromatic N) is 2. The third-order valence-corrected chi connectivity index (χ3v) is 3.78. The summed E-state index contributed by atoms with van der Waals surface area (Å²) in [5, 5.41) is 0. The van der Waals surface area contributed by atoms with E-state index in [2.05, 4.69) is 4.98 Å². The molecule has 1 unspecified atom stereocenters. The molecule has 2 aromatic rings. The lowest BCUT2D eigenvalue weighted by Crippen LogP contribution is -2.28. The van der Waals surface area contributed by atoms with Crippen LogP contribution >= 0.6 is 0 Å². The fourth-order valence-electron chi connectivity index (χ4n) is 2.37. The van der Waals surface area contributed by atoms with Gasteiger partial charge < -0.3 is 10.3 Å². The van der Waals surface area contributed by atoms with Crippen molar-refractivity contribution in [2.45, 2.75) is 20.8 Å². The molecule has 2 rings (SSSR count). The van der Waals surface area contributed by atoms with Crippen LogP contribution in [0.3, 0.4) is 0 Å². The van der Waals surface area contributed by atoms with E-state index in [1.807, 2.05) is 50.6 Å². The third-order valence-electron chi connectivity index (χ3n) is 3.78. The predicted octanol–water partition coefficient (Wildman–Crippen LogP) is 2.30. The molecule has 4 nitrogen and oxygen atoms in total. The molecule has 1 heterocycles. The van der Waals surface area contributed by atoms with Gasteiger partial charge >= 0.3 is 0 Å². The van der Waals surface area contributed by atoms with Gasteiger partial charge in [0.2, 0.25) is 0 Å². The van der Waals surface area contributed by atoms with Crippen molar-refractivity contribution in [3.05, 3.63) is 29.6 Å². The minimum atomic E-state index is -0.123. The maximum Gasteiger partial charge on any atom is 0.167 e. The molecule has 1 aromatic carbocycles. The molecule has 1 atom stereocenters. The summed E-state index contributed by atoms with van der Waals surface area (Å²) < 4.78 is 2.02. The van der Waals surface area contributed by atoms with Gasteiger partial charge in [-0.2, -0.15) is 0 Å². The average molecular weight is 259 g/mol. The molecule has 2 N–H and O–H groups in total. The molecule has 0 saturated carbocycles. The van der Waals surface area contributed by atoms with Crippen LogP contribution in [-0.4, -0.2) is 21.9 Å². The van der Waals surface area contributed by atoms with Gasteiger partial charge in [0.25, 0.3) is 0 Å². The maximum atomic E-state index is 12.4. The number of aryl methyl sites for hydroxylation is 2. The summed E-state index contributed by atoms with van der Waals surface area (Å²) in [7, 11) is 1.98. The average Bonchev–Trinajstić information content (AvgIpc) is 2.65. The first-order valence-corrected chi connectivity index (χ1v) is 6.63. The molecule has 102 valence electrons. The number of rotatable bonds is 4. The molecule has 4 heteroatoms. The summed E-state index contributed by atoms with van der Waals surface area (Å²) in [4.78, 5) is 16.9. The number of hydrogen-bond donors (Lipinski definition) is 1. The lowest BCUT2D eigenvalue weighted by molar-refractivity contribution is 0.0892. The van der Waals surface area contributed by atoms with Crippen molar-refractivity contribution in [2.24, 2.45) is 24.6 Å². The number of nitrogens with two attached hydrogens (primary N) is 1. The van der Waals surface area contributed by atoms with Crippen LogP contribution in [0.4, 0.5) is 0 Å². The number of carbonyl (C=O) groups is 1. The Bertz CT molecular complexity index is 613. The molecule has 0 fully saturated rings. The number of Topliss-reactive ketones (excluding diaryl/α,β-unsaturated/α-hetero) is 1. The second-order valence-electron chi connectivity index (χ2n) is 5.37. The van der Waals surface area contributed by atoms with Crippen LogP contribution in [0.25, 0.3) is 11.0 Å². The van der Waals surface area contributed by atoms with Crippen molar-refractivity contribution in [2.75, 3.05) is 6.54 Å². The van der Waals surface area contributed by atoms with Gasteiger partial charge in [-0.25, -0.2) is 4.98 Å². The Morgan fingerprint density at radius 3 is 2.68 bits per heavy atom. The Morgan fingerprint density at radius 1 is 1.42 bits per heavy atom. The Hall–Kier alpha value is -1.68. The zero-order valence-electron chi connectivity index (χ0n) is 12.0. The highest BCUT2D eigenvalue weighted by molar-refractivity contribution is 6.00. The van der Waals surface area contributed by atoms with Crippen LogP contribution in [0.1, 0.15) is 30.0 Å². The zero-order chi connectivity index (χ0) is 14.2. The second kappa shape index (κ2) is 5.13. The monoisotopic (exact) mass is 259 g/mol. The van der Waals surface area contributed by atoms with Crippen molar-refractivity contribution in [1.29, 1.82) is 0 Å². The van der Waals surface area contributed by atoms with Crippen LogP contribution in [0.5, 0.6) is 0 Å². The summed E-state index contributed by atoms with van der Waals surface area (Å²) in [6.07, 6.45) is 0. The molecule has 1 aromatic heterocycles. The lowest BCUT2D eigenvalue weighted by atomic mass is 9.88. The van der Waals surface area contributed by atoms with Crippen molar-refractivity contribution in [3.63, 3.8) is 0 Å². The fourth-order valence-corrected chi connectivity index (χ4v) is 2.37. The molecule has 0 radical (unpaired) electrons. The van der Waals surface area contributed by atoms with Gasteiger partial charge in [-0.3, -0.25) is 4.79 Å². The van der Waals surface area contributed by atoms with Crippen molar-refractivity contribution >= 4 is 16.8 Å². The first-order chi connectivity index (χ1) is 8.95. The van der Waals surface area contributed by atoms with E-state index in [0.717, 1.165) is 16.9 Å². The number of benzene rings is 1. The molecular weight excluding hydrogens is 238 g/mol. The first-order valence-electron chi connectivity index (χ1n) is 6.63. The summed E-state index contributed by atoms with van der Waals surface area (Å²) in [6, 6.07) is 5.70. The Morgan fingerprint density at radius 2 is 2.11 bits per heavy atom. The van der Waals surface area contributed by atoms with E-state index in [4.69, 9.17) is 5.73 Å². The van der Waals surface area contributed by atoms with E-state index in [-0.39, 0.29) is 17.6 Å². The van der Waals surface area contributed by atoms with Gasteiger partial charge in [0, 0.05) is 25.1 Å². The highest BCUT2D eigenvalue weighted by Crippen LogP contribution is 2.21. The quantitative estimate of drug-likeness (QED) is 0.857. The number of hydrogen-bond acceptors (Lipinski definition) is 3. The molecule has 0 aliphatic heterocycles. The number of aromatic nitrogens is 2. The maximum absolute atomic E-state index is 12.4. The SMILES string of the molecule is Cc1nc2cc(C(=O)C(CN)C(C)C)ccc2n1C. The number of imidazole rings is 1. The van der Waals surface area contributed by atoms with Crippen molar-refractivity contribution in [1.82, 2.24) is 9.55 Å². The molecule has 0 bridgehead atoms. The summed E-state index contributed by atoms with van der Waals surface area (Å²) in [6.45, 7) is 6.39. The molecule has 0 aliphatic rings. The summed E-state index contributed by atoms with van der Waals surface area (Å²) in [5.41, 5.74) is 8.33. The Labute approximate surface area is 113 Å². The fraction of sp³-hybridized carbons (Fsp3) is 0.467. The van der Waals surface area contributed by atoms with E-state index in [1.54, 1.807) is 0 Å². The molecular formula is C15H21N3O. The van der Waals surface area contributed by atoms with E-state index >= 15 is 0 Å². The predicted molar refractivity (Wildman–Crippen MR) is 77.2 cm³/mol. The van der Waals surface area contributed by atoms with Gasteiger partial charge in [0.05, 0.1) is 11.0 Å². The minimum absolute atomic E-state index is 0.114. The van der Waals surface area contributed by atoms with Crippen LogP contribution in [-0.2, 0) is 7.05 Å².